The number of hydrogen-bond acceptors (Lipinski definition) is 7. The number of fused-ring (bicyclic) bond motifs is 1. The molecule has 3 aromatic rings. The van der Waals surface area contributed by atoms with Crippen LogP contribution in [0.1, 0.15) is 44.3 Å². The van der Waals surface area contributed by atoms with Gasteiger partial charge >= 0.3 is 0 Å². The molecule has 2 aliphatic heterocycles. The molecule has 196 valence electrons. The number of carbonyl (C=O) groups is 1. The molecule has 4 heterocycles. The fourth-order valence-electron chi connectivity index (χ4n) is 4.29. The van der Waals surface area contributed by atoms with Crippen molar-refractivity contribution in [1.82, 2.24) is 20.0 Å². The van der Waals surface area contributed by atoms with E-state index in [1.54, 1.807) is 5.51 Å². The van der Waals surface area contributed by atoms with Crippen molar-refractivity contribution in [2.24, 2.45) is 10.7 Å². The van der Waals surface area contributed by atoms with Gasteiger partial charge in [-0.2, -0.15) is 4.99 Å². The van der Waals surface area contributed by atoms with E-state index in [4.69, 9.17) is 10.2 Å². The highest BCUT2D eigenvalue weighted by molar-refractivity contribution is 7.13. The third-order valence-corrected chi connectivity index (χ3v) is 6.69. The Kier molecular flexibility index (Phi) is 10.5. The smallest absolute Gasteiger partial charge is 0.242 e. The summed E-state index contributed by atoms with van der Waals surface area (Å²) in [6.45, 7) is 9.49. The number of nitrogens with two attached hydrogens (primary N) is 1. The second-order valence-electron chi connectivity index (χ2n) is 8.84. The Morgan fingerprint density at radius 1 is 1.19 bits per heavy atom. The van der Waals surface area contributed by atoms with Crippen LogP contribution in [0.3, 0.4) is 0 Å². The normalized spacial score (nSPS) is 15.9. The molecule has 5 rings (SSSR count). The van der Waals surface area contributed by atoms with E-state index < -0.39 is 0 Å². The van der Waals surface area contributed by atoms with E-state index in [-0.39, 0.29) is 5.96 Å². The predicted octanol–water partition coefficient (Wildman–Crippen LogP) is 4.90. The van der Waals surface area contributed by atoms with Gasteiger partial charge in [0.15, 0.2) is 0 Å². The van der Waals surface area contributed by atoms with Crippen LogP contribution in [0.2, 0.25) is 0 Å². The molecule has 2 saturated heterocycles. The number of aryl methyl sites for hydroxylation is 1. The van der Waals surface area contributed by atoms with Crippen molar-refractivity contribution in [2.45, 2.75) is 45.4 Å². The third-order valence-electron chi connectivity index (χ3n) is 6.10. The molecular formula is C27H35N7O2S. The summed E-state index contributed by atoms with van der Waals surface area (Å²) in [4.78, 5) is 20.3. The zero-order chi connectivity index (χ0) is 26.6. The topological polar surface area (TPSA) is 113 Å². The molecule has 3 N–H and O–H groups in total. The lowest BCUT2D eigenvalue weighted by Gasteiger charge is -2.26. The van der Waals surface area contributed by atoms with Gasteiger partial charge in [-0.05, 0) is 63.3 Å². The number of furan rings is 1. The molecule has 9 nitrogen and oxygen atoms in total. The first-order valence-corrected chi connectivity index (χ1v) is 13.3. The van der Waals surface area contributed by atoms with Crippen LogP contribution in [0.15, 0.2) is 51.5 Å². The van der Waals surface area contributed by atoms with Gasteiger partial charge in [0.05, 0.1) is 6.54 Å². The van der Waals surface area contributed by atoms with Crippen molar-refractivity contribution in [1.29, 1.82) is 0 Å². The van der Waals surface area contributed by atoms with E-state index in [0.717, 1.165) is 54.2 Å². The van der Waals surface area contributed by atoms with Crippen LogP contribution in [0, 0.1) is 19.8 Å². The van der Waals surface area contributed by atoms with Crippen molar-refractivity contribution in [3.8, 4) is 12.8 Å². The van der Waals surface area contributed by atoms with Crippen LogP contribution in [-0.4, -0.2) is 58.0 Å². The molecule has 0 aliphatic carbocycles. The number of allylic oxidation sites excluding steroid dienone is 1. The lowest BCUT2D eigenvalue weighted by atomic mass is 10.2. The molecule has 10 heteroatoms. The molecule has 37 heavy (non-hydrogen) atoms. The average molecular weight is 522 g/mol. The van der Waals surface area contributed by atoms with Crippen LogP contribution < -0.4 is 11.1 Å². The average Bonchev–Trinajstić information content (AvgIpc) is 3.64. The van der Waals surface area contributed by atoms with Gasteiger partial charge in [0, 0.05) is 36.4 Å². The summed E-state index contributed by atoms with van der Waals surface area (Å²) >= 11 is 1.32. The highest BCUT2D eigenvalue weighted by Crippen LogP contribution is 2.23. The number of hydrogen-bond donors (Lipinski definition) is 2. The van der Waals surface area contributed by atoms with Gasteiger partial charge in [-0.3, -0.25) is 4.79 Å². The van der Waals surface area contributed by atoms with Crippen LogP contribution >= 0.6 is 11.3 Å². The number of terminal acetylenes is 1. The third kappa shape index (κ3) is 8.36. The minimum absolute atomic E-state index is 0.274. The molecule has 0 bridgehead atoms. The van der Waals surface area contributed by atoms with Gasteiger partial charge in [0.25, 0.3) is 0 Å². The van der Waals surface area contributed by atoms with Crippen LogP contribution in [0.5, 0.6) is 0 Å². The van der Waals surface area contributed by atoms with Crippen molar-refractivity contribution < 1.29 is 9.21 Å². The van der Waals surface area contributed by atoms with Gasteiger partial charge in [0.2, 0.25) is 17.0 Å². The molecule has 0 saturated carbocycles. The van der Waals surface area contributed by atoms with Crippen molar-refractivity contribution in [3.05, 3.63) is 47.8 Å². The van der Waals surface area contributed by atoms with E-state index in [1.165, 1.54) is 43.4 Å². The van der Waals surface area contributed by atoms with Crippen LogP contribution in [0.25, 0.3) is 11.0 Å². The van der Waals surface area contributed by atoms with E-state index in [2.05, 4.69) is 44.8 Å². The number of aliphatic imine (C=N–C) groups is 1. The number of likely N-dealkylation sites (tertiary alicyclic amines) is 2. The first kappa shape index (κ1) is 27.7. The molecule has 1 amide bonds. The highest BCUT2D eigenvalue weighted by Gasteiger charge is 2.21. The van der Waals surface area contributed by atoms with E-state index in [9.17, 15) is 4.79 Å². The summed E-state index contributed by atoms with van der Waals surface area (Å²) in [6, 6.07) is 7.70. The molecule has 1 aromatic carbocycles. The molecular weight excluding hydrogens is 486 g/mol. The Bertz CT molecular complexity index is 1210. The fourth-order valence-corrected chi connectivity index (χ4v) is 4.73. The van der Waals surface area contributed by atoms with Gasteiger partial charge in [-0.1, -0.05) is 24.3 Å². The standard InChI is InChI=1S/C13H22N2O.C12H11N5OS.C2H2/c1-12-7-3-2-4-10-15(12)11-13(16)14-8-5-6-9-14;1-7-4-8-5-9(2-3-10(8)18-7)15-11(13)16-12-17-14-6-19-12;1-2/h1-11H2;2-6H,1H3,(H3,13,15,16,17);1-2H. The number of rotatable bonds is 4. The zero-order valence-electron chi connectivity index (χ0n) is 21.4. The number of nitrogens with zero attached hydrogens (tertiary/aromatic N) is 5. The van der Waals surface area contributed by atoms with Gasteiger partial charge in [-0.15, -0.1) is 23.0 Å². The number of nitrogens with one attached hydrogen (secondary N) is 1. The summed E-state index contributed by atoms with van der Waals surface area (Å²) in [5, 5.41) is 12.0. The maximum absolute atomic E-state index is 12.0. The molecule has 0 unspecified atom stereocenters. The summed E-state index contributed by atoms with van der Waals surface area (Å²) < 4.78 is 5.51. The summed E-state index contributed by atoms with van der Waals surface area (Å²) in [5.74, 6) is 1.44. The predicted molar refractivity (Wildman–Crippen MR) is 151 cm³/mol. The van der Waals surface area contributed by atoms with Crippen LogP contribution in [-0.2, 0) is 4.79 Å². The van der Waals surface area contributed by atoms with E-state index >= 15 is 0 Å². The number of anilines is 1. The monoisotopic (exact) mass is 521 g/mol. The fraction of sp³-hybridized carbons (Fsp3) is 0.407. The zero-order valence-corrected chi connectivity index (χ0v) is 22.2. The largest absolute Gasteiger partial charge is 0.461 e. The quantitative estimate of drug-likeness (QED) is 0.285. The van der Waals surface area contributed by atoms with Crippen molar-refractivity contribution in [3.63, 3.8) is 0 Å². The highest BCUT2D eigenvalue weighted by atomic mass is 32.1. The number of aromatic nitrogens is 2. The Balaban J connectivity index is 0.000000195. The first-order chi connectivity index (χ1) is 18.0. The Labute approximate surface area is 222 Å². The number of guanidine groups is 1. The molecule has 2 aromatic heterocycles. The first-order valence-electron chi connectivity index (χ1n) is 12.4. The lowest BCUT2D eigenvalue weighted by molar-refractivity contribution is -0.130. The minimum atomic E-state index is 0.274. The van der Waals surface area contributed by atoms with Crippen molar-refractivity contribution >= 4 is 45.0 Å². The number of carbonyl (C=O) groups excluding carboxylic acids is 1. The Morgan fingerprint density at radius 3 is 2.68 bits per heavy atom. The number of amides is 1. The Morgan fingerprint density at radius 2 is 1.95 bits per heavy atom. The summed E-state index contributed by atoms with van der Waals surface area (Å²) in [7, 11) is 0. The van der Waals surface area contributed by atoms with Gasteiger partial charge < -0.3 is 25.3 Å². The van der Waals surface area contributed by atoms with Crippen molar-refractivity contribution in [2.75, 3.05) is 31.5 Å². The second-order valence-corrected chi connectivity index (χ2v) is 9.65. The molecule has 0 spiro atoms. The maximum atomic E-state index is 12.0. The maximum Gasteiger partial charge on any atom is 0.242 e. The second kappa shape index (κ2) is 14.0. The molecule has 2 fully saturated rings. The Hall–Kier alpha value is -3.84. The van der Waals surface area contributed by atoms with Gasteiger partial charge in [0.1, 0.15) is 16.9 Å². The minimum Gasteiger partial charge on any atom is -0.461 e. The van der Waals surface area contributed by atoms with E-state index in [0.29, 0.717) is 17.6 Å². The van der Waals surface area contributed by atoms with E-state index in [1.807, 2.05) is 36.1 Å². The number of benzene rings is 1. The molecule has 0 radical (unpaired) electrons. The summed E-state index contributed by atoms with van der Waals surface area (Å²) in [5.41, 5.74) is 10.3. The summed E-state index contributed by atoms with van der Waals surface area (Å²) in [6.07, 6.45) is 15.1. The van der Waals surface area contributed by atoms with Crippen LogP contribution in [0.4, 0.5) is 10.8 Å². The molecule has 2 aliphatic rings. The lowest BCUT2D eigenvalue weighted by Crippen LogP contribution is -2.38. The molecule has 0 atom stereocenters. The SMILES string of the molecule is C#C.C=C1CCCCCN1CC(=O)N1CCCC1.Cc1cc2cc(N/C(N)=N\c3nncs3)ccc2o1. The van der Waals surface area contributed by atoms with Gasteiger partial charge in [-0.25, -0.2) is 0 Å².